The number of aromatic nitrogens is 1. The maximum absolute atomic E-state index is 12.3. The van der Waals surface area contributed by atoms with Gasteiger partial charge in [0, 0.05) is 47.0 Å². The van der Waals surface area contributed by atoms with E-state index < -0.39 is 0 Å². The topological polar surface area (TPSA) is 56.7 Å². The Labute approximate surface area is 216 Å². The van der Waals surface area contributed by atoms with Gasteiger partial charge in [-0.25, -0.2) is 0 Å². The Hall–Kier alpha value is -2.66. The van der Waals surface area contributed by atoms with Crippen LogP contribution < -0.4 is 10.2 Å². The molecule has 1 N–H and O–H groups in total. The first-order valence-corrected chi connectivity index (χ1v) is 13.3. The molecule has 0 spiro atoms. The van der Waals surface area contributed by atoms with Gasteiger partial charge in [0.05, 0.1) is 5.52 Å². The molecule has 2 heterocycles. The number of amides is 1. The third-order valence-corrected chi connectivity index (χ3v) is 8.56. The molecule has 1 saturated heterocycles. The van der Waals surface area contributed by atoms with Crippen molar-refractivity contribution in [3.8, 4) is 16.9 Å². The molecular weight excluding hydrogens is 497 g/mol. The molecule has 2 atom stereocenters. The Balaban J connectivity index is 1.63. The predicted octanol–water partition coefficient (Wildman–Crippen LogP) is 5.84. The summed E-state index contributed by atoms with van der Waals surface area (Å²) in [7, 11) is 2.82. The number of aromatic hydroxyl groups is 1. The van der Waals surface area contributed by atoms with E-state index in [1.54, 1.807) is 12.1 Å². The molecule has 0 bridgehead atoms. The zero-order chi connectivity index (χ0) is 24.9. The molecule has 35 heavy (non-hydrogen) atoms. The van der Waals surface area contributed by atoms with Crippen molar-refractivity contribution < 1.29 is 9.90 Å². The SMILES string of the molecule is C=CC(=O)N1CCN(c2snc3c(P)c(-c4cc(O)cc5ccccc45)c(Cl)cc23)C(C(C)C)C1. The monoisotopic (exact) mass is 523 g/mol. The molecule has 1 aliphatic heterocycles. The molecule has 5 nitrogen and oxygen atoms in total. The summed E-state index contributed by atoms with van der Waals surface area (Å²) >= 11 is 8.42. The number of benzene rings is 3. The molecular formula is C27H27ClN3O2PS. The second kappa shape index (κ2) is 9.42. The van der Waals surface area contributed by atoms with E-state index in [1.165, 1.54) is 17.6 Å². The van der Waals surface area contributed by atoms with Crippen LogP contribution in [0, 0.1) is 5.92 Å². The summed E-state index contributed by atoms with van der Waals surface area (Å²) in [6.45, 7) is 10.0. The van der Waals surface area contributed by atoms with Crippen LogP contribution in [0.4, 0.5) is 5.00 Å². The van der Waals surface area contributed by atoms with Crippen molar-refractivity contribution in [2.24, 2.45) is 5.92 Å². The highest BCUT2D eigenvalue weighted by Gasteiger charge is 2.33. The lowest BCUT2D eigenvalue weighted by atomic mass is 9.96. The molecule has 0 radical (unpaired) electrons. The number of halogens is 1. The Kier molecular flexibility index (Phi) is 6.47. The summed E-state index contributed by atoms with van der Waals surface area (Å²) in [5.41, 5.74) is 2.62. The summed E-state index contributed by atoms with van der Waals surface area (Å²) in [6, 6.07) is 13.7. The number of carbonyl (C=O) groups excluding carboxylic acids is 1. The second-order valence-corrected chi connectivity index (χ2v) is 11.0. The normalized spacial score (nSPS) is 16.4. The largest absolute Gasteiger partial charge is 0.508 e. The molecule has 180 valence electrons. The summed E-state index contributed by atoms with van der Waals surface area (Å²) in [5.74, 6) is 0.518. The molecule has 8 heteroatoms. The van der Waals surface area contributed by atoms with Crippen LogP contribution in [0.1, 0.15) is 13.8 Å². The quantitative estimate of drug-likeness (QED) is 0.270. The fourth-order valence-electron chi connectivity index (χ4n) is 5.00. The molecule has 0 aliphatic carbocycles. The van der Waals surface area contributed by atoms with E-state index in [0.717, 1.165) is 49.7 Å². The van der Waals surface area contributed by atoms with E-state index >= 15 is 0 Å². The molecule has 1 fully saturated rings. The van der Waals surface area contributed by atoms with Crippen LogP contribution in [-0.2, 0) is 4.79 Å². The number of anilines is 1. The zero-order valence-electron chi connectivity index (χ0n) is 19.7. The highest BCUT2D eigenvalue weighted by molar-refractivity contribution is 7.29. The standard InChI is InChI=1S/C27H27ClN3O2PS/c1-4-23(33)30-9-10-31(22(14-30)15(2)3)27-20-13-21(28)24(26(34)25(20)29-35-27)19-12-17(32)11-16-7-5-6-8-18(16)19/h4-8,11-13,15,22,32H,1,9-10,14,34H2,2-3H3. The fraction of sp³-hybridized carbons (Fsp3) is 0.259. The van der Waals surface area contributed by atoms with E-state index in [9.17, 15) is 9.90 Å². The van der Waals surface area contributed by atoms with Crippen LogP contribution in [0.25, 0.3) is 32.8 Å². The number of phenolic OH excluding ortho intramolecular Hbond substituents is 1. The van der Waals surface area contributed by atoms with Gasteiger partial charge >= 0.3 is 0 Å². The predicted molar refractivity (Wildman–Crippen MR) is 151 cm³/mol. The lowest BCUT2D eigenvalue weighted by Gasteiger charge is -2.43. The van der Waals surface area contributed by atoms with Gasteiger partial charge in [-0.05, 0) is 58.1 Å². The van der Waals surface area contributed by atoms with Crippen LogP contribution in [-0.4, -0.2) is 46.0 Å². The first-order chi connectivity index (χ1) is 16.8. The lowest BCUT2D eigenvalue weighted by molar-refractivity contribution is -0.126. The maximum Gasteiger partial charge on any atom is 0.246 e. The number of rotatable bonds is 4. The van der Waals surface area contributed by atoms with Crippen molar-refractivity contribution in [1.29, 1.82) is 0 Å². The Morgan fingerprint density at radius 3 is 2.77 bits per heavy atom. The lowest BCUT2D eigenvalue weighted by Crippen LogP contribution is -2.56. The average molecular weight is 524 g/mol. The van der Waals surface area contributed by atoms with Gasteiger partial charge in [0.25, 0.3) is 0 Å². The van der Waals surface area contributed by atoms with Gasteiger partial charge in [-0.3, -0.25) is 4.79 Å². The first kappa shape index (κ1) is 24.1. The molecule has 1 aliphatic rings. The third kappa shape index (κ3) is 4.18. The van der Waals surface area contributed by atoms with Crippen molar-refractivity contribution in [3.63, 3.8) is 0 Å². The Morgan fingerprint density at radius 2 is 2.03 bits per heavy atom. The summed E-state index contributed by atoms with van der Waals surface area (Å²) in [6.07, 6.45) is 1.39. The fourth-order valence-corrected chi connectivity index (χ4v) is 6.99. The van der Waals surface area contributed by atoms with Gasteiger partial charge in [0.1, 0.15) is 10.8 Å². The van der Waals surface area contributed by atoms with Crippen LogP contribution >= 0.6 is 32.4 Å². The average Bonchev–Trinajstić information content (AvgIpc) is 3.26. The number of nitrogens with zero attached hydrogens (tertiary/aromatic N) is 3. The highest BCUT2D eigenvalue weighted by atomic mass is 35.5. The van der Waals surface area contributed by atoms with Crippen LogP contribution in [0.5, 0.6) is 5.75 Å². The van der Waals surface area contributed by atoms with E-state index in [1.807, 2.05) is 35.2 Å². The number of carbonyl (C=O) groups is 1. The van der Waals surface area contributed by atoms with Gasteiger partial charge in [-0.15, -0.1) is 9.24 Å². The van der Waals surface area contributed by atoms with E-state index in [4.69, 9.17) is 16.0 Å². The minimum atomic E-state index is -0.0252. The number of hydrogen-bond donors (Lipinski definition) is 1. The Morgan fingerprint density at radius 1 is 1.26 bits per heavy atom. The molecule has 2 unspecified atom stereocenters. The molecule has 1 amide bonds. The molecule has 3 aromatic carbocycles. The van der Waals surface area contributed by atoms with Crippen molar-refractivity contribution in [3.05, 3.63) is 60.1 Å². The second-order valence-electron chi connectivity index (χ2n) is 9.24. The van der Waals surface area contributed by atoms with Crippen LogP contribution in [0.3, 0.4) is 0 Å². The molecule has 5 rings (SSSR count). The van der Waals surface area contributed by atoms with Gasteiger partial charge in [-0.2, -0.15) is 4.37 Å². The van der Waals surface area contributed by atoms with Crippen LogP contribution in [0.2, 0.25) is 5.02 Å². The summed E-state index contributed by atoms with van der Waals surface area (Å²) < 4.78 is 4.85. The van der Waals surface area contributed by atoms with Crippen molar-refractivity contribution in [2.45, 2.75) is 19.9 Å². The summed E-state index contributed by atoms with van der Waals surface area (Å²) in [4.78, 5) is 16.5. The van der Waals surface area contributed by atoms with Gasteiger partial charge in [0.2, 0.25) is 5.91 Å². The van der Waals surface area contributed by atoms with Gasteiger partial charge in [-0.1, -0.05) is 56.3 Å². The number of piperazine rings is 1. The number of hydrogen-bond acceptors (Lipinski definition) is 5. The Bertz CT molecular complexity index is 1470. The first-order valence-electron chi connectivity index (χ1n) is 11.6. The third-order valence-electron chi connectivity index (χ3n) is 6.79. The van der Waals surface area contributed by atoms with E-state index in [0.29, 0.717) is 24.0 Å². The molecule has 1 aromatic heterocycles. The molecule has 4 aromatic rings. The number of fused-ring (bicyclic) bond motifs is 2. The van der Waals surface area contributed by atoms with E-state index in [-0.39, 0.29) is 17.7 Å². The smallest absolute Gasteiger partial charge is 0.246 e. The van der Waals surface area contributed by atoms with Gasteiger partial charge < -0.3 is 14.9 Å². The molecule has 0 saturated carbocycles. The maximum atomic E-state index is 12.3. The zero-order valence-corrected chi connectivity index (χ0v) is 22.4. The highest BCUT2D eigenvalue weighted by Crippen LogP contribution is 2.42. The minimum Gasteiger partial charge on any atom is -0.508 e. The van der Waals surface area contributed by atoms with E-state index in [2.05, 4.69) is 34.6 Å². The van der Waals surface area contributed by atoms with Crippen molar-refractivity contribution in [1.82, 2.24) is 9.27 Å². The van der Waals surface area contributed by atoms with Crippen LogP contribution in [0.15, 0.2) is 55.1 Å². The minimum absolute atomic E-state index is 0.0252. The summed E-state index contributed by atoms with van der Waals surface area (Å²) in [5, 5.41) is 16.0. The van der Waals surface area contributed by atoms with Crippen molar-refractivity contribution in [2.75, 3.05) is 24.5 Å². The number of phenols is 1. The van der Waals surface area contributed by atoms with Gasteiger partial charge in [0.15, 0.2) is 0 Å². The van der Waals surface area contributed by atoms with Crippen molar-refractivity contribution >= 4 is 70.3 Å².